The predicted molar refractivity (Wildman–Crippen MR) is 134 cm³/mol. The number of benzene rings is 1. The van der Waals surface area contributed by atoms with Crippen molar-refractivity contribution in [3.05, 3.63) is 11.1 Å². The van der Waals surface area contributed by atoms with Crippen molar-refractivity contribution >= 4 is 53.0 Å². The molecule has 4 heteroatoms. The molecule has 1 aromatic carbocycles. The number of hydrogen-bond donors (Lipinski definition) is 0. The minimum atomic E-state index is -1.66. The van der Waals surface area contributed by atoms with Crippen LogP contribution in [-0.2, 0) is 0 Å². The molecular weight excluding hydrogens is 377 g/mol. The summed E-state index contributed by atoms with van der Waals surface area (Å²) in [6, 6.07) is 0. The molecule has 0 aliphatic carbocycles. The Morgan fingerprint density at radius 2 is 0.577 bits per heavy atom. The van der Waals surface area contributed by atoms with Gasteiger partial charge in [-0.1, -0.05) is 90.4 Å². The van der Waals surface area contributed by atoms with Crippen molar-refractivity contribution in [1.82, 2.24) is 0 Å². The molecule has 0 radical (unpaired) electrons. The van der Waals surface area contributed by atoms with E-state index in [1.807, 2.05) is 0 Å². The standard InChI is InChI=1S/C22H38Si4/c1-15-17-19(23(3,4)5)21(25(9,10)11)18(16-2)22(26(12,13)14)20(17)24(6,7)8/h1-2H,3-14H3. The lowest BCUT2D eigenvalue weighted by atomic mass is 10.1. The third-order valence-electron chi connectivity index (χ3n) is 4.79. The van der Waals surface area contributed by atoms with E-state index in [-0.39, 0.29) is 0 Å². The summed E-state index contributed by atoms with van der Waals surface area (Å²) in [5, 5.41) is 5.97. The van der Waals surface area contributed by atoms with Gasteiger partial charge in [-0.05, 0) is 20.7 Å². The Hall–Kier alpha value is -0.792. The minimum Gasteiger partial charge on any atom is -0.115 e. The number of rotatable bonds is 4. The quantitative estimate of drug-likeness (QED) is 0.519. The zero-order chi connectivity index (χ0) is 20.9. The van der Waals surface area contributed by atoms with Crippen molar-refractivity contribution < 1.29 is 0 Å². The van der Waals surface area contributed by atoms with E-state index in [9.17, 15) is 0 Å². The summed E-state index contributed by atoms with van der Waals surface area (Å²) < 4.78 is 0. The first-order chi connectivity index (χ1) is 11.4. The minimum absolute atomic E-state index is 1.23. The van der Waals surface area contributed by atoms with E-state index in [0.29, 0.717) is 0 Å². The Bertz CT molecular complexity index is 668. The summed E-state index contributed by atoms with van der Waals surface area (Å²) in [4.78, 5) is 0. The molecule has 0 nitrogen and oxygen atoms in total. The van der Waals surface area contributed by atoms with Gasteiger partial charge >= 0.3 is 0 Å². The van der Waals surface area contributed by atoms with E-state index in [2.05, 4.69) is 90.4 Å². The molecule has 0 heterocycles. The normalized spacial score (nSPS) is 13.3. The van der Waals surface area contributed by atoms with Gasteiger partial charge in [0.05, 0.1) is 32.3 Å². The van der Waals surface area contributed by atoms with Crippen LogP contribution >= 0.6 is 0 Å². The Morgan fingerprint density at radius 3 is 0.654 bits per heavy atom. The lowest BCUT2D eigenvalue weighted by molar-refractivity contribution is 1.60. The SMILES string of the molecule is C#Cc1c([Si](C)(C)C)c([Si](C)(C)C)c(C#C)c([Si](C)(C)C)c1[Si](C)(C)C. The van der Waals surface area contributed by atoms with E-state index in [0.717, 1.165) is 0 Å². The van der Waals surface area contributed by atoms with Crippen molar-refractivity contribution in [2.75, 3.05) is 0 Å². The molecular formula is C22H38Si4. The largest absolute Gasteiger partial charge is 0.115 e. The molecule has 0 saturated carbocycles. The van der Waals surface area contributed by atoms with E-state index < -0.39 is 32.3 Å². The highest BCUT2D eigenvalue weighted by molar-refractivity contribution is 7.03. The molecule has 0 bridgehead atoms. The molecule has 0 saturated heterocycles. The molecule has 0 aliphatic rings. The van der Waals surface area contributed by atoms with Crippen molar-refractivity contribution in [2.45, 2.75) is 78.6 Å². The van der Waals surface area contributed by atoms with Crippen molar-refractivity contribution in [1.29, 1.82) is 0 Å². The summed E-state index contributed by atoms with van der Waals surface area (Å²) in [5.41, 5.74) is 2.47. The van der Waals surface area contributed by atoms with Crippen LogP contribution in [0.3, 0.4) is 0 Å². The van der Waals surface area contributed by atoms with Crippen LogP contribution in [0.2, 0.25) is 78.6 Å². The summed E-state index contributed by atoms with van der Waals surface area (Å²) in [6.07, 6.45) is 12.5. The van der Waals surface area contributed by atoms with E-state index in [4.69, 9.17) is 12.8 Å². The Kier molecular flexibility index (Phi) is 6.24. The molecule has 0 aromatic heterocycles. The average Bonchev–Trinajstić information content (AvgIpc) is 2.39. The molecule has 0 spiro atoms. The second-order valence-electron chi connectivity index (χ2n) is 11.5. The van der Waals surface area contributed by atoms with E-state index in [1.165, 1.54) is 31.9 Å². The Balaban J connectivity index is 4.57. The van der Waals surface area contributed by atoms with Gasteiger partial charge in [-0.15, -0.1) is 12.8 Å². The monoisotopic (exact) mass is 414 g/mol. The van der Waals surface area contributed by atoms with Crippen LogP contribution in [0.5, 0.6) is 0 Å². The summed E-state index contributed by atoms with van der Waals surface area (Å²) in [6.45, 7) is 29.1. The lowest BCUT2D eigenvalue weighted by Gasteiger charge is -2.39. The fourth-order valence-electron chi connectivity index (χ4n) is 4.04. The molecule has 0 unspecified atom stereocenters. The fraction of sp³-hybridized carbons (Fsp3) is 0.545. The van der Waals surface area contributed by atoms with Gasteiger partial charge in [0.1, 0.15) is 0 Å². The highest BCUT2D eigenvalue weighted by Gasteiger charge is 2.40. The van der Waals surface area contributed by atoms with Gasteiger partial charge in [0, 0.05) is 11.1 Å². The topological polar surface area (TPSA) is 0 Å². The average molecular weight is 415 g/mol. The van der Waals surface area contributed by atoms with Gasteiger partial charge in [0.15, 0.2) is 0 Å². The molecule has 26 heavy (non-hydrogen) atoms. The Labute approximate surface area is 167 Å². The maximum atomic E-state index is 6.23. The smallest absolute Gasteiger partial charge is 0.0791 e. The maximum Gasteiger partial charge on any atom is 0.0791 e. The highest BCUT2D eigenvalue weighted by Crippen LogP contribution is 2.18. The molecule has 0 N–H and O–H groups in total. The predicted octanol–water partition coefficient (Wildman–Crippen LogP) is 3.83. The molecule has 0 fully saturated rings. The molecule has 0 atom stereocenters. The van der Waals surface area contributed by atoms with Gasteiger partial charge in [-0.3, -0.25) is 0 Å². The van der Waals surface area contributed by atoms with Gasteiger partial charge in [0.2, 0.25) is 0 Å². The third-order valence-corrected chi connectivity index (χ3v) is 13.3. The zero-order valence-electron chi connectivity index (χ0n) is 19.2. The zero-order valence-corrected chi connectivity index (χ0v) is 23.2. The van der Waals surface area contributed by atoms with Crippen molar-refractivity contribution in [3.63, 3.8) is 0 Å². The lowest BCUT2D eigenvalue weighted by Crippen LogP contribution is -2.69. The van der Waals surface area contributed by atoms with Gasteiger partial charge < -0.3 is 0 Å². The van der Waals surface area contributed by atoms with Crippen LogP contribution in [-0.4, -0.2) is 32.3 Å². The third kappa shape index (κ3) is 4.36. The first-order valence-electron chi connectivity index (χ1n) is 9.58. The van der Waals surface area contributed by atoms with Gasteiger partial charge in [-0.25, -0.2) is 0 Å². The van der Waals surface area contributed by atoms with E-state index >= 15 is 0 Å². The molecule has 1 aromatic rings. The van der Waals surface area contributed by atoms with E-state index in [1.54, 1.807) is 0 Å². The van der Waals surface area contributed by atoms with Crippen LogP contribution in [0.25, 0.3) is 0 Å². The first-order valence-corrected chi connectivity index (χ1v) is 23.6. The Morgan fingerprint density at radius 1 is 0.423 bits per heavy atom. The second-order valence-corrected chi connectivity index (χ2v) is 31.5. The summed E-state index contributed by atoms with van der Waals surface area (Å²) >= 11 is 0. The highest BCUT2D eigenvalue weighted by atomic mass is 28.3. The van der Waals surface area contributed by atoms with Crippen LogP contribution in [0.1, 0.15) is 11.1 Å². The summed E-state index contributed by atoms with van der Waals surface area (Å²) in [7, 11) is -6.64. The van der Waals surface area contributed by atoms with Gasteiger partial charge in [0.25, 0.3) is 0 Å². The fourth-order valence-corrected chi connectivity index (χ4v) is 16.1. The van der Waals surface area contributed by atoms with Crippen molar-refractivity contribution in [2.24, 2.45) is 0 Å². The summed E-state index contributed by atoms with van der Waals surface area (Å²) in [5.74, 6) is 6.40. The molecule has 0 aliphatic heterocycles. The van der Waals surface area contributed by atoms with Crippen LogP contribution in [0.4, 0.5) is 0 Å². The molecule has 142 valence electrons. The maximum absolute atomic E-state index is 6.23. The van der Waals surface area contributed by atoms with Gasteiger partial charge in [-0.2, -0.15) is 0 Å². The first kappa shape index (κ1) is 23.2. The molecule has 1 rings (SSSR count). The molecule has 0 amide bonds. The van der Waals surface area contributed by atoms with Crippen LogP contribution in [0, 0.1) is 24.7 Å². The second kappa shape index (κ2) is 6.98. The van der Waals surface area contributed by atoms with Crippen LogP contribution in [0.15, 0.2) is 0 Å². The van der Waals surface area contributed by atoms with Crippen LogP contribution < -0.4 is 20.7 Å². The van der Waals surface area contributed by atoms with Crippen molar-refractivity contribution in [3.8, 4) is 24.7 Å². The number of hydrogen-bond acceptors (Lipinski definition) is 0. The number of terminal acetylenes is 2.